The lowest BCUT2D eigenvalue weighted by molar-refractivity contribution is 0.509. The Balaban J connectivity index is 1.94. The minimum Gasteiger partial charge on any atom is -0.439 e. The molecule has 0 unspecified atom stereocenters. The van der Waals surface area contributed by atoms with Crippen molar-refractivity contribution in [3.63, 3.8) is 0 Å². The van der Waals surface area contributed by atoms with Gasteiger partial charge in [0.1, 0.15) is 6.54 Å². The van der Waals surface area contributed by atoms with E-state index in [0.29, 0.717) is 12.4 Å². The Morgan fingerprint density at radius 3 is 2.62 bits per heavy atom. The first-order valence-electron chi connectivity index (χ1n) is 8.76. The van der Waals surface area contributed by atoms with Crippen LogP contribution < -0.4 is 10.6 Å². The van der Waals surface area contributed by atoms with Gasteiger partial charge < -0.3 is 15.1 Å². The second kappa shape index (κ2) is 9.75. The molecule has 0 fully saturated rings. The van der Waals surface area contributed by atoms with Gasteiger partial charge in [0.25, 0.3) is 0 Å². The molecule has 1 aromatic heterocycles. The molecule has 0 saturated heterocycles. The predicted octanol–water partition coefficient (Wildman–Crippen LogP) is 3.90. The minimum absolute atomic E-state index is 0.426. The number of rotatable bonds is 8. The summed E-state index contributed by atoms with van der Waals surface area (Å²) in [5.74, 6) is 2.21. The van der Waals surface area contributed by atoms with Gasteiger partial charge in [0.15, 0.2) is 11.7 Å². The number of unbranched alkanes of at least 4 members (excludes halogenated alkanes) is 2. The van der Waals surface area contributed by atoms with Crippen LogP contribution in [0.15, 0.2) is 39.9 Å². The molecule has 1 heterocycles. The van der Waals surface area contributed by atoms with Gasteiger partial charge in [0.2, 0.25) is 5.89 Å². The smallest absolute Gasteiger partial charge is 0.216 e. The highest BCUT2D eigenvalue weighted by molar-refractivity contribution is 5.79. The molecule has 1 aromatic carbocycles. The number of hydrogen-bond acceptors (Lipinski definition) is 3. The van der Waals surface area contributed by atoms with Crippen LogP contribution in [0.1, 0.15) is 44.6 Å². The maximum Gasteiger partial charge on any atom is 0.216 e. The number of nitrogens with one attached hydrogen (secondary N) is 2. The van der Waals surface area contributed by atoms with Crippen LogP contribution in [-0.2, 0) is 6.54 Å². The molecule has 0 saturated carbocycles. The molecule has 5 heteroatoms. The Morgan fingerprint density at radius 2 is 1.92 bits per heavy atom. The fourth-order valence-corrected chi connectivity index (χ4v) is 2.30. The maximum atomic E-state index is 5.81. The quantitative estimate of drug-likeness (QED) is 0.438. The lowest BCUT2D eigenvalue weighted by Crippen LogP contribution is -2.37. The lowest BCUT2D eigenvalue weighted by Gasteiger charge is -2.10. The second-order valence-electron chi connectivity index (χ2n) is 5.81. The third-order valence-corrected chi connectivity index (χ3v) is 3.68. The highest BCUT2D eigenvalue weighted by Gasteiger charge is 2.06. The Kier molecular flexibility index (Phi) is 7.33. The average molecular weight is 328 g/mol. The normalized spacial score (nSPS) is 11.5. The summed E-state index contributed by atoms with van der Waals surface area (Å²) >= 11 is 0. The van der Waals surface area contributed by atoms with E-state index in [0.717, 1.165) is 36.8 Å². The van der Waals surface area contributed by atoms with Crippen molar-refractivity contribution in [3.05, 3.63) is 41.9 Å². The van der Waals surface area contributed by atoms with Crippen molar-refractivity contribution in [2.24, 2.45) is 4.99 Å². The number of hydrogen-bond donors (Lipinski definition) is 2. The molecule has 0 amide bonds. The summed E-state index contributed by atoms with van der Waals surface area (Å²) in [5, 5.41) is 6.58. The van der Waals surface area contributed by atoms with Gasteiger partial charge in [0, 0.05) is 18.7 Å². The third-order valence-electron chi connectivity index (χ3n) is 3.68. The van der Waals surface area contributed by atoms with Crippen LogP contribution in [0, 0.1) is 6.92 Å². The molecule has 5 nitrogen and oxygen atoms in total. The van der Waals surface area contributed by atoms with E-state index in [1.54, 1.807) is 6.20 Å². The van der Waals surface area contributed by atoms with E-state index in [2.05, 4.69) is 53.5 Å². The fourth-order valence-electron chi connectivity index (χ4n) is 2.30. The molecule has 0 aliphatic carbocycles. The SMILES string of the molecule is CCCCCNC(=NCc1ncc(-c2ccc(C)cc2)o1)NCC. The molecule has 0 spiro atoms. The van der Waals surface area contributed by atoms with Crippen LogP contribution in [0.4, 0.5) is 0 Å². The zero-order chi connectivity index (χ0) is 17.2. The summed E-state index contributed by atoms with van der Waals surface area (Å²) in [7, 11) is 0. The number of oxazole rings is 1. The first-order valence-corrected chi connectivity index (χ1v) is 8.76. The van der Waals surface area contributed by atoms with E-state index in [4.69, 9.17) is 4.42 Å². The van der Waals surface area contributed by atoms with Crippen molar-refractivity contribution in [2.75, 3.05) is 13.1 Å². The summed E-state index contributed by atoms with van der Waals surface area (Å²) < 4.78 is 5.81. The lowest BCUT2D eigenvalue weighted by atomic mass is 10.1. The van der Waals surface area contributed by atoms with Crippen molar-refractivity contribution in [2.45, 2.75) is 46.6 Å². The van der Waals surface area contributed by atoms with Crippen LogP contribution in [-0.4, -0.2) is 24.0 Å². The number of benzene rings is 1. The van der Waals surface area contributed by atoms with Crippen LogP contribution in [0.25, 0.3) is 11.3 Å². The van der Waals surface area contributed by atoms with Gasteiger partial charge in [-0.2, -0.15) is 0 Å². The molecule has 130 valence electrons. The molecule has 0 aliphatic heterocycles. The van der Waals surface area contributed by atoms with E-state index in [9.17, 15) is 0 Å². The molecule has 24 heavy (non-hydrogen) atoms. The van der Waals surface area contributed by atoms with Gasteiger partial charge in [0.05, 0.1) is 6.20 Å². The van der Waals surface area contributed by atoms with E-state index in [-0.39, 0.29) is 0 Å². The summed E-state index contributed by atoms with van der Waals surface area (Å²) in [6.07, 6.45) is 5.36. The van der Waals surface area contributed by atoms with Gasteiger partial charge in [-0.25, -0.2) is 9.98 Å². The second-order valence-corrected chi connectivity index (χ2v) is 5.81. The van der Waals surface area contributed by atoms with Crippen LogP contribution in [0.2, 0.25) is 0 Å². The molecule has 0 aliphatic rings. The highest BCUT2D eigenvalue weighted by atomic mass is 16.4. The molecule has 0 atom stereocenters. The molecule has 2 aromatic rings. The van der Waals surface area contributed by atoms with E-state index in [1.807, 2.05) is 12.1 Å². The predicted molar refractivity (Wildman–Crippen MR) is 99.0 cm³/mol. The summed E-state index contributed by atoms with van der Waals surface area (Å²) in [5.41, 5.74) is 2.26. The molecule has 2 N–H and O–H groups in total. The maximum absolute atomic E-state index is 5.81. The average Bonchev–Trinajstić information content (AvgIpc) is 3.06. The van der Waals surface area contributed by atoms with Crippen molar-refractivity contribution in [1.29, 1.82) is 0 Å². The van der Waals surface area contributed by atoms with Crippen molar-refractivity contribution >= 4 is 5.96 Å². The van der Waals surface area contributed by atoms with E-state index < -0.39 is 0 Å². The van der Waals surface area contributed by atoms with Gasteiger partial charge in [-0.05, 0) is 20.3 Å². The van der Waals surface area contributed by atoms with Crippen molar-refractivity contribution in [1.82, 2.24) is 15.6 Å². The van der Waals surface area contributed by atoms with Gasteiger partial charge in [-0.3, -0.25) is 0 Å². The van der Waals surface area contributed by atoms with Crippen LogP contribution in [0.3, 0.4) is 0 Å². The summed E-state index contributed by atoms with van der Waals surface area (Å²) in [4.78, 5) is 8.87. The molecular formula is C19H28N4O. The minimum atomic E-state index is 0.426. The number of aliphatic imine (C=N–C) groups is 1. The van der Waals surface area contributed by atoms with Gasteiger partial charge >= 0.3 is 0 Å². The van der Waals surface area contributed by atoms with E-state index in [1.165, 1.54) is 18.4 Å². The summed E-state index contributed by atoms with van der Waals surface area (Å²) in [6, 6.07) is 8.23. The van der Waals surface area contributed by atoms with Crippen LogP contribution >= 0.6 is 0 Å². The molecule has 0 radical (unpaired) electrons. The van der Waals surface area contributed by atoms with Gasteiger partial charge in [-0.1, -0.05) is 49.6 Å². The Bertz CT molecular complexity index is 631. The molecule has 0 bridgehead atoms. The van der Waals surface area contributed by atoms with E-state index >= 15 is 0 Å². The van der Waals surface area contributed by atoms with Crippen molar-refractivity contribution in [3.8, 4) is 11.3 Å². The van der Waals surface area contributed by atoms with Crippen molar-refractivity contribution < 1.29 is 4.42 Å². The number of aromatic nitrogens is 1. The fraction of sp³-hybridized carbons (Fsp3) is 0.474. The van der Waals surface area contributed by atoms with Gasteiger partial charge in [-0.15, -0.1) is 0 Å². The monoisotopic (exact) mass is 328 g/mol. The third kappa shape index (κ3) is 5.72. The number of nitrogens with zero attached hydrogens (tertiary/aromatic N) is 2. The molecule has 2 rings (SSSR count). The zero-order valence-corrected chi connectivity index (χ0v) is 14.9. The summed E-state index contributed by atoms with van der Waals surface area (Å²) in [6.45, 7) is 8.52. The Labute approximate surface area is 144 Å². The Morgan fingerprint density at radius 1 is 1.12 bits per heavy atom. The van der Waals surface area contributed by atoms with Crippen LogP contribution in [0.5, 0.6) is 0 Å². The Hall–Kier alpha value is -2.30. The first kappa shape index (κ1) is 18.0. The largest absolute Gasteiger partial charge is 0.439 e. The topological polar surface area (TPSA) is 62.5 Å². The molecular weight excluding hydrogens is 300 g/mol. The zero-order valence-electron chi connectivity index (χ0n) is 14.9. The first-order chi connectivity index (χ1) is 11.7. The standard InChI is InChI=1S/C19H28N4O/c1-4-6-7-12-21-19(20-5-2)23-14-18-22-13-17(24-18)16-10-8-15(3)9-11-16/h8-11,13H,4-7,12,14H2,1-3H3,(H2,20,21,23). The number of aryl methyl sites for hydroxylation is 1. The highest BCUT2D eigenvalue weighted by Crippen LogP contribution is 2.20. The number of guanidine groups is 1.